The monoisotopic (exact) mass is 339 g/mol. The predicted octanol–water partition coefficient (Wildman–Crippen LogP) is 5.01. The van der Waals surface area contributed by atoms with Crippen molar-refractivity contribution in [1.29, 1.82) is 5.26 Å². The minimum atomic E-state index is 0.243. The van der Waals surface area contributed by atoms with E-state index in [0.29, 0.717) is 12.2 Å². The van der Waals surface area contributed by atoms with Crippen LogP contribution in [-0.4, -0.2) is 11.7 Å². The van der Waals surface area contributed by atoms with Gasteiger partial charge in [0.15, 0.2) is 0 Å². The summed E-state index contributed by atoms with van der Waals surface area (Å²) in [5, 5.41) is 18.7. The summed E-state index contributed by atoms with van der Waals surface area (Å²) in [7, 11) is 0. The molecule has 126 valence electrons. The van der Waals surface area contributed by atoms with Crippen LogP contribution in [0.15, 0.2) is 72.8 Å². The smallest absolute Gasteiger partial charge is 0.127 e. The Labute approximate surface area is 152 Å². The summed E-state index contributed by atoms with van der Waals surface area (Å²) in [6.07, 6.45) is 0.761. The minimum absolute atomic E-state index is 0.243. The number of para-hydroxylation sites is 1. The van der Waals surface area contributed by atoms with Crippen molar-refractivity contribution in [2.75, 3.05) is 6.61 Å². The maximum Gasteiger partial charge on any atom is 0.127 e. The highest BCUT2D eigenvalue weighted by atomic mass is 16.5. The van der Waals surface area contributed by atoms with Gasteiger partial charge in [-0.15, -0.1) is 0 Å². The number of hydrogen-bond donors (Lipinski definition) is 1. The third-order valence-electron chi connectivity index (χ3n) is 4.59. The van der Waals surface area contributed by atoms with E-state index in [-0.39, 0.29) is 5.75 Å². The molecule has 0 amide bonds. The van der Waals surface area contributed by atoms with E-state index < -0.39 is 0 Å². The van der Waals surface area contributed by atoms with Crippen molar-refractivity contribution in [1.82, 2.24) is 0 Å². The molecule has 3 aromatic carbocycles. The summed E-state index contributed by atoms with van der Waals surface area (Å²) in [6, 6.07) is 25.1. The summed E-state index contributed by atoms with van der Waals surface area (Å²) >= 11 is 0. The van der Waals surface area contributed by atoms with E-state index in [0.717, 1.165) is 34.4 Å². The first kappa shape index (κ1) is 16.0. The number of rotatable bonds is 2. The van der Waals surface area contributed by atoms with Crippen molar-refractivity contribution in [3.05, 3.63) is 95.1 Å². The quantitative estimate of drug-likeness (QED) is 0.714. The van der Waals surface area contributed by atoms with Crippen LogP contribution in [0.1, 0.15) is 28.7 Å². The van der Waals surface area contributed by atoms with Crippen LogP contribution in [0, 0.1) is 11.3 Å². The molecule has 3 nitrogen and oxygen atoms in total. The predicted molar refractivity (Wildman–Crippen MR) is 102 cm³/mol. The Balaban J connectivity index is 1.97. The van der Waals surface area contributed by atoms with Crippen molar-refractivity contribution in [3.63, 3.8) is 0 Å². The van der Waals surface area contributed by atoms with E-state index in [2.05, 4.69) is 12.1 Å². The number of phenols is 1. The zero-order chi connectivity index (χ0) is 17.9. The lowest BCUT2D eigenvalue weighted by Crippen LogP contribution is -1.97. The zero-order valence-electron chi connectivity index (χ0n) is 14.1. The van der Waals surface area contributed by atoms with Gasteiger partial charge < -0.3 is 9.84 Å². The van der Waals surface area contributed by atoms with Crippen molar-refractivity contribution in [3.8, 4) is 17.6 Å². The van der Waals surface area contributed by atoms with E-state index in [4.69, 9.17) is 10.00 Å². The second kappa shape index (κ2) is 6.78. The molecule has 1 aliphatic rings. The van der Waals surface area contributed by atoms with Crippen molar-refractivity contribution >= 4 is 11.1 Å². The van der Waals surface area contributed by atoms with E-state index in [1.54, 1.807) is 12.1 Å². The van der Waals surface area contributed by atoms with Crippen LogP contribution in [-0.2, 0) is 0 Å². The van der Waals surface area contributed by atoms with Crippen LogP contribution < -0.4 is 4.74 Å². The molecule has 0 aliphatic carbocycles. The van der Waals surface area contributed by atoms with Gasteiger partial charge in [0.2, 0.25) is 0 Å². The SMILES string of the molecule is N#Cc1ccc(C2=C(c3ccc(O)cc3)c3ccccc3OCC2)cc1. The molecule has 0 saturated carbocycles. The number of nitrogens with zero attached hydrogens (tertiary/aromatic N) is 1. The fraction of sp³-hybridized carbons (Fsp3) is 0.0870. The first-order chi connectivity index (χ1) is 12.8. The van der Waals surface area contributed by atoms with E-state index in [1.807, 2.05) is 54.6 Å². The van der Waals surface area contributed by atoms with Gasteiger partial charge in [0, 0.05) is 12.0 Å². The third kappa shape index (κ3) is 2.94. The van der Waals surface area contributed by atoms with Crippen LogP contribution in [0.5, 0.6) is 11.5 Å². The third-order valence-corrected chi connectivity index (χ3v) is 4.59. The average molecular weight is 339 g/mol. The van der Waals surface area contributed by atoms with E-state index in [1.165, 1.54) is 5.57 Å². The number of fused-ring (bicyclic) bond motifs is 1. The van der Waals surface area contributed by atoms with Gasteiger partial charge in [0.1, 0.15) is 11.5 Å². The maximum atomic E-state index is 9.68. The van der Waals surface area contributed by atoms with Gasteiger partial charge in [-0.25, -0.2) is 0 Å². The molecule has 0 aromatic heterocycles. The Hall–Kier alpha value is -3.51. The minimum Gasteiger partial charge on any atom is -0.508 e. The molecule has 1 aliphatic heterocycles. The van der Waals surface area contributed by atoms with E-state index in [9.17, 15) is 5.11 Å². The van der Waals surface area contributed by atoms with Gasteiger partial charge in [-0.2, -0.15) is 5.26 Å². The van der Waals surface area contributed by atoms with Crippen LogP contribution in [0.4, 0.5) is 0 Å². The Morgan fingerprint density at radius 3 is 2.27 bits per heavy atom. The summed E-state index contributed by atoms with van der Waals surface area (Å²) in [6.45, 7) is 0.591. The second-order valence-electron chi connectivity index (χ2n) is 6.18. The normalized spacial score (nSPS) is 13.3. The number of hydrogen-bond acceptors (Lipinski definition) is 3. The van der Waals surface area contributed by atoms with Crippen LogP contribution >= 0.6 is 0 Å². The topological polar surface area (TPSA) is 53.2 Å². The molecule has 3 heteroatoms. The summed E-state index contributed by atoms with van der Waals surface area (Å²) in [5.74, 6) is 1.10. The molecule has 0 atom stereocenters. The van der Waals surface area contributed by atoms with Crippen molar-refractivity contribution < 1.29 is 9.84 Å². The lowest BCUT2D eigenvalue weighted by molar-refractivity contribution is 0.328. The van der Waals surface area contributed by atoms with Crippen LogP contribution in [0.2, 0.25) is 0 Å². The van der Waals surface area contributed by atoms with Gasteiger partial charge in [0.25, 0.3) is 0 Å². The fourth-order valence-corrected chi connectivity index (χ4v) is 3.34. The Morgan fingerprint density at radius 1 is 0.846 bits per heavy atom. The number of aromatic hydroxyl groups is 1. The second-order valence-corrected chi connectivity index (χ2v) is 6.18. The van der Waals surface area contributed by atoms with Crippen molar-refractivity contribution in [2.45, 2.75) is 6.42 Å². The van der Waals surface area contributed by atoms with Crippen molar-refractivity contribution in [2.24, 2.45) is 0 Å². The standard InChI is InChI=1S/C23H17NO2/c24-15-16-5-7-17(8-6-16)20-13-14-26-22-4-2-1-3-21(22)23(20)18-9-11-19(25)12-10-18/h1-12,25H,13-14H2. The average Bonchev–Trinajstić information content (AvgIpc) is 2.88. The van der Waals surface area contributed by atoms with Gasteiger partial charge in [-0.05, 0) is 52.6 Å². The highest BCUT2D eigenvalue weighted by Crippen LogP contribution is 2.41. The molecule has 0 saturated heterocycles. The summed E-state index contributed by atoms with van der Waals surface area (Å²) in [4.78, 5) is 0. The molecule has 4 rings (SSSR count). The van der Waals surface area contributed by atoms with Gasteiger partial charge in [-0.3, -0.25) is 0 Å². The van der Waals surface area contributed by atoms with Crippen LogP contribution in [0.3, 0.4) is 0 Å². The molecule has 3 aromatic rings. The highest BCUT2D eigenvalue weighted by molar-refractivity contribution is 6.00. The number of nitriles is 1. The Morgan fingerprint density at radius 2 is 1.54 bits per heavy atom. The van der Waals surface area contributed by atoms with Crippen LogP contribution in [0.25, 0.3) is 11.1 Å². The largest absolute Gasteiger partial charge is 0.508 e. The molecule has 0 fully saturated rings. The fourth-order valence-electron chi connectivity index (χ4n) is 3.34. The molecule has 0 radical (unpaired) electrons. The highest BCUT2D eigenvalue weighted by Gasteiger charge is 2.20. The van der Waals surface area contributed by atoms with E-state index >= 15 is 0 Å². The first-order valence-corrected chi connectivity index (χ1v) is 8.51. The molecule has 1 N–H and O–H groups in total. The lowest BCUT2D eigenvalue weighted by Gasteiger charge is -2.15. The first-order valence-electron chi connectivity index (χ1n) is 8.51. The Kier molecular flexibility index (Phi) is 4.17. The molecular formula is C23H17NO2. The lowest BCUT2D eigenvalue weighted by atomic mass is 9.88. The molecule has 1 heterocycles. The van der Waals surface area contributed by atoms with Gasteiger partial charge in [0.05, 0.1) is 18.2 Å². The summed E-state index contributed by atoms with van der Waals surface area (Å²) in [5.41, 5.74) is 6.06. The van der Waals surface area contributed by atoms with Gasteiger partial charge >= 0.3 is 0 Å². The number of benzene rings is 3. The number of ether oxygens (including phenoxy) is 1. The molecule has 0 bridgehead atoms. The van der Waals surface area contributed by atoms with Gasteiger partial charge in [-0.1, -0.05) is 42.5 Å². The Bertz CT molecular complexity index is 1010. The zero-order valence-corrected chi connectivity index (χ0v) is 14.1. The summed E-state index contributed by atoms with van der Waals surface area (Å²) < 4.78 is 5.98. The maximum absolute atomic E-state index is 9.68. The molecule has 26 heavy (non-hydrogen) atoms. The molecule has 0 spiro atoms. The number of phenolic OH excluding ortho intramolecular Hbond substituents is 1. The molecule has 0 unspecified atom stereocenters. The molecular weight excluding hydrogens is 322 g/mol.